The molecule has 3 amide bonds. The number of nitrogens with two attached hydrogens (primary N) is 1. The lowest BCUT2D eigenvalue weighted by molar-refractivity contribution is -0.144. The summed E-state index contributed by atoms with van der Waals surface area (Å²) in [6, 6.07) is 3.02. The predicted octanol–water partition coefficient (Wildman–Crippen LogP) is 1.05. The maximum absolute atomic E-state index is 13.2. The second-order valence-corrected chi connectivity index (χ2v) is 9.98. The van der Waals surface area contributed by atoms with Crippen LogP contribution in [0.15, 0.2) is 30.5 Å². The summed E-state index contributed by atoms with van der Waals surface area (Å²) in [5.74, 6) is -3.90. The highest BCUT2D eigenvalue weighted by molar-refractivity contribution is 5.95. The number of H-pyrrole nitrogens is 1. The highest BCUT2D eigenvalue weighted by Gasteiger charge is 2.35. The first kappa shape index (κ1) is 30.8. The summed E-state index contributed by atoms with van der Waals surface area (Å²) in [6.07, 6.45) is 1.74. The number of aromatic amines is 1. The molecule has 1 aromatic heterocycles. The van der Waals surface area contributed by atoms with Gasteiger partial charge in [-0.05, 0) is 36.8 Å². The fourth-order valence-corrected chi connectivity index (χ4v) is 4.17. The fraction of sp³-hybridized carbons (Fsp3) is 0.556. The first-order valence-corrected chi connectivity index (χ1v) is 13.0. The third kappa shape index (κ3) is 7.78. The van der Waals surface area contributed by atoms with Crippen molar-refractivity contribution in [1.82, 2.24) is 20.9 Å². The molecule has 0 bridgehead atoms. The molecule has 11 nitrogen and oxygen atoms in total. The van der Waals surface area contributed by atoms with Crippen LogP contribution in [0.4, 0.5) is 0 Å². The molecule has 0 aliphatic carbocycles. The van der Waals surface area contributed by atoms with Crippen LogP contribution < -0.4 is 21.7 Å². The second-order valence-electron chi connectivity index (χ2n) is 9.98. The minimum atomic E-state index is -1.37. The Balaban J connectivity index is 2.13. The van der Waals surface area contributed by atoms with Crippen LogP contribution in [0.1, 0.15) is 53.0 Å². The van der Waals surface area contributed by atoms with Crippen LogP contribution >= 0.6 is 0 Å². The number of fused-ring (bicyclic) bond motifs is 1. The molecule has 0 aliphatic rings. The van der Waals surface area contributed by atoms with Gasteiger partial charge in [0.2, 0.25) is 17.7 Å². The van der Waals surface area contributed by atoms with Gasteiger partial charge in [-0.15, -0.1) is 0 Å². The van der Waals surface area contributed by atoms with E-state index in [2.05, 4.69) is 20.9 Å². The van der Waals surface area contributed by atoms with Crippen molar-refractivity contribution < 1.29 is 29.4 Å². The number of carbonyl (C=O) groups is 4. The average molecular weight is 532 g/mol. The number of carboxylic acid groups (broad SMARTS) is 1. The van der Waals surface area contributed by atoms with Crippen molar-refractivity contribution >= 4 is 34.6 Å². The topological polar surface area (TPSA) is 187 Å². The molecule has 0 aliphatic heterocycles. The maximum atomic E-state index is 13.2. The van der Waals surface area contributed by atoms with Crippen LogP contribution in [0, 0.1) is 11.8 Å². The summed E-state index contributed by atoms with van der Waals surface area (Å²) in [7, 11) is 0. The van der Waals surface area contributed by atoms with Gasteiger partial charge < -0.3 is 36.9 Å². The molecule has 2 aromatic rings. The van der Waals surface area contributed by atoms with Gasteiger partial charge in [0.05, 0.1) is 12.1 Å². The molecule has 0 spiro atoms. The van der Waals surface area contributed by atoms with E-state index < -0.39 is 54.0 Å². The van der Waals surface area contributed by atoms with Gasteiger partial charge in [-0.1, -0.05) is 58.7 Å². The number of nitrogens with one attached hydrogen (secondary N) is 4. The number of carboxylic acids is 1. The van der Waals surface area contributed by atoms with Crippen LogP contribution in [0.2, 0.25) is 0 Å². The normalized spacial score (nSPS) is 16.9. The zero-order valence-electron chi connectivity index (χ0n) is 22.7. The Morgan fingerprint density at radius 1 is 0.868 bits per heavy atom. The number of carbonyl (C=O) groups excluding carboxylic acids is 3. The number of aliphatic hydroxyl groups is 1. The van der Waals surface area contributed by atoms with E-state index in [9.17, 15) is 29.4 Å². The quantitative estimate of drug-likeness (QED) is 0.190. The van der Waals surface area contributed by atoms with Gasteiger partial charge in [-0.2, -0.15) is 0 Å². The van der Waals surface area contributed by atoms with Crippen LogP contribution in [-0.2, 0) is 25.6 Å². The van der Waals surface area contributed by atoms with E-state index >= 15 is 0 Å². The van der Waals surface area contributed by atoms with Gasteiger partial charge in [0.15, 0.2) is 0 Å². The lowest BCUT2D eigenvalue weighted by atomic mass is 9.95. The molecule has 1 aromatic carbocycles. The van der Waals surface area contributed by atoms with Crippen LogP contribution in [0.5, 0.6) is 0 Å². The molecule has 210 valence electrons. The molecule has 0 fully saturated rings. The van der Waals surface area contributed by atoms with E-state index in [4.69, 9.17) is 5.73 Å². The minimum absolute atomic E-state index is 0.202. The van der Waals surface area contributed by atoms with Crippen LogP contribution in [0.25, 0.3) is 10.9 Å². The Labute approximate surface area is 222 Å². The molecule has 0 saturated carbocycles. The van der Waals surface area contributed by atoms with E-state index in [1.807, 2.05) is 38.1 Å². The number of hydrogen-bond acceptors (Lipinski definition) is 6. The summed E-state index contributed by atoms with van der Waals surface area (Å²) < 4.78 is 0. The van der Waals surface area contributed by atoms with Gasteiger partial charge in [-0.3, -0.25) is 14.4 Å². The van der Waals surface area contributed by atoms with Gasteiger partial charge in [0.25, 0.3) is 0 Å². The van der Waals surface area contributed by atoms with Crippen molar-refractivity contribution in [2.45, 2.75) is 84.2 Å². The summed E-state index contributed by atoms with van der Waals surface area (Å²) in [5.41, 5.74) is 7.88. The smallest absolute Gasteiger partial charge is 0.326 e. The largest absolute Gasteiger partial charge is 0.480 e. The molecule has 2 rings (SSSR count). The lowest BCUT2D eigenvalue weighted by Gasteiger charge is -2.29. The van der Waals surface area contributed by atoms with E-state index in [-0.39, 0.29) is 18.3 Å². The summed E-state index contributed by atoms with van der Waals surface area (Å²) in [6.45, 7) is 8.46. The van der Waals surface area contributed by atoms with E-state index in [1.165, 1.54) is 6.92 Å². The second kappa shape index (κ2) is 13.9. The highest BCUT2D eigenvalue weighted by atomic mass is 16.4. The molecule has 11 heteroatoms. The third-order valence-electron chi connectivity index (χ3n) is 7.08. The number of aliphatic hydroxyl groups excluding tert-OH is 1. The minimum Gasteiger partial charge on any atom is -0.480 e. The summed E-state index contributed by atoms with van der Waals surface area (Å²) >= 11 is 0. The van der Waals surface area contributed by atoms with Crippen molar-refractivity contribution in [3.63, 3.8) is 0 Å². The van der Waals surface area contributed by atoms with Gasteiger partial charge in [0, 0.05) is 17.1 Å². The van der Waals surface area contributed by atoms with Crippen LogP contribution in [-0.4, -0.2) is 69.2 Å². The van der Waals surface area contributed by atoms with Crippen molar-refractivity contribution in [3.05, 3.63) is 36.0 Å². The SMILES string of the molecule is CCC(C)C(NC(=O)C(NC(=O)C(NC(=O)C(N)Cc1c[nH]c2ccccc12)C(C)O)C(C)CC)C(=O)O. The standard InChI is InChI=1S/C27H41N5O6/c1-6-14(3)21(25(35)31-22(27(37)38)15(4)7-2)30-26(36)23(16(5)33)32-24(34)19(28)12-17-13-29-20-11-9-8-10-18(17)20/h8-11,13-16,19,21-23,29,33H,6-7,12,28H2,1-5H3,(H,30,36)(H,31,35)(H,32,34)(H,37,38). The zero-order chi connectivity index (χ0) is 28.6. The average Bonchev–Trinajstić information content (AvgIpc) is 3.29. The van der Waals surface area contributed by atoms with E-state index in [1.54, 1.807) is 20.0 Å². The Morgan fingerprint density at radius 2 is 1.39 bits per heavy atom. The number of aromatic nitrogens is 1. The predicted molar refractivity (Wildman–Crippen MR) is 144 cm³/mol. The van der Waals surface area contributed by atoms with Crippen molar-refractivity contribution in [2.24, 2.45) is 17.6 Å². The molecular formula is C27H41N5O6. The van der Waals surface area contributed by atoms with Gasteiger partial charge in [0.1, 0.15) is 18.1 Å². The number of hydrogen-bond donors (Lipinski definition) is 7. The zero-order valence-corrected chi connectivity index (χ0v) is 22.7. The molecular weight excluding hydrogens is 490 g/mol. The highest BCUT2D eigenvalue weighted by Crippen LogP contribution is 2.19. The van der Waals surface area contributed by atoms with Crippen molar-refractivity contribution in [1.29, 1.82) is 0 Å². The third-order valence-corrected chi connectivity index (χ3v) is 7.08. The molecule has 1 heterocycles. The fourth-order valence-electron chi connectivity index (χ4n) is 4.17. The Kier molecular flexibility index (Phi) is 11.3. The number of amides is 3. The molecule has 8 N–H and O–H groups in total. The van der Waals surface area contributed by atoms with Gasteiger partial charge in [-0.25, -0.2) is 4.79 Å². The van der Waals surface area contributed by atoms with Crippen molar-refractivity contribution in [2.75, 3.05) is 0 Å². The number of para-hydroxylation sites is 1. The van der Waals surface area contributed by atoms with Crippen molar-refractivity contribution in [3.8, 4) is 0 Å². The summed E-state index contributed by atoms with van der Waals surface area (Å²) in [4.78, 5) is 53.9. The first-order valence-electron chi connectivity index (χ1n) is 13.0. The Hall–Kier alpha value is -3.44. The number of benzene rings is 1. The van der Waals surface area contributed by atoms with E-state index in [0.29, 0.717) is 12.8 Å². The Bertz CT molecular complexity index is 1120. The van der Waals surface area contributed by atoms with E-state index in [0.717, 1.165) is 16.5 Å². The molecule has 0 radical (unpaired) electrons. The molecule has 38 heavy (non-hydrogen) atoms. The lowest BCUT2D eigenvalue weighted by Crippen LogP contribution is -2.61. The van der Waals surface area contributed by atoms with Crippen LogP contribution in [0.3, 0.4) is 0 Å². The molecule has 7 atom stereocenters. The number of aliphatic carboxylic acids is 1. The first-order chi connectivity index (χ1) is 17.9. The molecule has 7 unspecified atom stereocenters. The Morgan fingerprint density at radius 3 is 1.97 bits per heavy atom. The monoisotopic (exact) mass is 531 g/mol. The summed E-state index contributed by atoms with van der Waals surface area (Å²) in [5, 5.41) is 28.4. The van der Waals surface area contributed by atoms with Gasteiger partial charge >= 0.3 is 5.97 Å². The maximum Gasteiger partial charge on any atom is 0.326 e. The molecule has 0 saturated heterocycles. The number of rotatable bonds is 14.